The quantitative estimate of drug-likeness (QED) is 0.217. The van der Waals surface area contributed by atoms with E-state index in [-0.39, 0.29) is 25.0 Å². The van der Waals surface area contributed by atoms with E-state index in [1.165, 1.54) is 0 Å². The van der Waals surface area contributed by atoms with Crippen LogP contribution in [-0.2, 0) is 11.3 Å². The number of nitrogens with zero attached hydrogens (tertiary/aromatic N) is 3. The van der Waals surface area contributed by atoms with Crippen LogP contribution < -0.4 is 15.0 Å². The van der Waals surface area contributed by atoms with Crippen LogP contribution in [0.25, 0.3) is 11.1 Å². The maximum absolute atomic E-state index is 13.3. The lowest BCUT2D eigenvalue weighted by atomic mass is 10.1. The number of aliphatic hydroxyl groups excluding tert-OH is 1. The molecule has 8 nitrogen and oxygen atoms in total. The molecule has 2 amide bonds. The fraction of sp³-hybridized carbons (Fsp3) is 0.281. The molecule has 1 aliphatic heterocycles. The first-order chi connectivity index (χ1) is 20.4. The zero-order valence-corrected chi connectivity index (χ0v) is 25.0. The molecule has 10 heteroatoms. The van der Waals surface area contributed by atoms with Crippen LogP contribution in [0.1, 0.15) is 34.3 Å². The third kappa shape index (κ3) is 6.98. The molecule has 218 valence electrons. The number of halogens is 1. The van der Waals surface area contributed by atoms with Gasteiger partial charge in [-0.25, -0.2) is 0 Å². The summed E-state index contributed by atoms with van der Waals surface area (Å²) >= 11 is 7.94. The van der Waals surface area contributed by atoms with Gasteiger partial charge in [0, 0.05) is 63.6 Å². The second-order valence-corrected chi connectivity index (χ2v) is 11.5. The van der Waals surface area contributed by atoms with Gasteiger partial charge >= 0.3 is 0 Å². The van der Waals surface area contributed by atoms with Crippen LogP contribution in [0.4, 0.5) is 5.69 Å². The van der Waals surface area contributed by atoms with Crippen molar-refractivity contribution in [2.24, 2.45) is 0 Å². The molecule has 1 aromatic heterocycles. The monoisotopic (exact) mass is 604 g/mol. The maximum Gasteiger partial charge on any atom is 0.251 e. The molecule has 0 bridgehead atoms. The summed E-state index contributed by atoms with van der Waals surface area (Å²) in [6.07, 6.45) is 4.83. The number of amides is 2. The molecule has 0 unspecified atom stereocenters. The zero-order valence-electron chi connectivity index (χ0n) is 23.4. The van der Waals surface area contributed by atoms with E-state index in [1.54, 1.807) is 17.8 Å². The number of anilines is 1. The number of ether oxygens (including phenoxy) is 1. The minimum atomic E-state index is -0.220. The summed E-state index contributed by atoms with van der Waals surface area (Å²) in [5.41, 5.74) is 5.32. The Hall–Kier alpha value is -3.79. The van der Waals surface area contributed by atoms with E-state index in [1.807, 2.05) is 77.4 Å². The van der Waals surface area contributed by atoms with E-state index in [2.05, 4.69) is 16.5 Å². The van der Waals surface area contributed by atoms with E-state index in [9.17, 15) is 9.59 Å². The van der Waals surface area contributed by atoms with Crippen LogP contribution >= 0.6 is 23.4 Å². The summed E-state index contributed by atoms with van der Waals surface area (Å²) in [7, 11) is 0. The molecule has 3 aromatic carbocycles. The lowest BCUT2D eigenvalue weighted by Crippen LogP contribution is -2.35. The number of thioether (sulfide) groups is 1. The van der Waals surface area contributed by atoms with Crippen molar-refractivity contribution in [3.8, 4) is 16.9 Å². The van der Waals surface area contributed by atoms with E-state index >= 15 is 0 Å². The predicted molar refractivity (Wildman–Crippen MR) is 167 cm³/mol. The molecule has 2 N–H and O–H groups in total. The van der Waals surface area contributed by atoms with E-state index in [0.29, 0.717) is 43.1 Å². The molecule has 0 saturated heterocycles. The predicted octanol–water partition coefficient (Wildman–Crippen LogP) is 5.58. The first-order valence-electron chi connectivity index (χ1n) is 13.9. The van der Waals surface area contributed by atoms with Crippen molar-refractivity contribution in [3.63, 3.8) is 0 Å². The number of hydrogen-bond donors (Lipinski definition) is 2. The van der Waals surface area contributed by atoms with E-state index in [4.69, 9.17) is 21.4 Å². The Kier molecular flexibility index (Phi) is 9.84. The number of rotatable bonds is 11. The van der Waals surface area contributed by atoms with Crippen LogP contribution in [0.5, 0.6) is 5.75 Å². The molecule has 5 rings (SSSR count). The summed E-state index contributed by atoms with van der Waals surface area (Å²) in [5, 5.41) is 16.9. The molecule has 0 saturated carbocycles. The zero-order chi connectivity index (χ0) is 29.5. The molecule has 0 fully saturated rings. The van der Waals surface area contributed by atoms with Gasteiger partial charge < -0.3 is 20.1 Å². The van der Waals surface area contributed by atoms with Gasteiger partial charge in [-0.1, -0.05) is 41.9 Å². The number of hydrogen-bond acceptors (Lipinski definition) is 6. The lowest BCUT2D eigenvalue weighted by molar-refractivity contribution is -0.118. The van der Waals surface area contributed by atoms with Gasteiger partial charge in [-0.2, -0.15) is 5.10 Å². The highest BCUT2D eigenvalue weighted by Gasteiger charge is 2.25. The van der Waals surface area contributed by atoms with Gasteiger partial charge in [0.1, 0.15) is 5.75 Å². The smallest absolute Gasteiger partial charge is 0.251 e. The van der Waals surface area contributed by atoms with Gasteiger partial charge in [0.15, 0.2) is 0 Å². The highest BCUT2D eigenvalue weighted by molar-refractivity contribution is 7.99. The van der Waals surface area contributed by atoms with Crippen molar-refractivity contribution in [1.29, 1.82) is 0 Å². The highest BCUT2D eigenvalue weighted by Crippen LogP contribution is 2.42. The van der Waals surface area contributed by atoms with Crippen molar-refractivity contribution in [1.82, 2.24) is 15.1 Å². The van der Waals surface area contributed by atoms with Gasteiger partial charge in [0.2, 0.25) is 5.91 Å². The molecule has 2 heterocycles. The molecule has 0 atom stereocenters. The van der Waals surface area contributed by atoms with Crippen LogP contribution in [0, 0.1) is 6.92 Å². The fourth-order valence-electron chi connectivity index (χ4n) is 4.88. The Balaban J connectivity index is 1.24. The minimum Gasteiger partial charge on any atom is -0.493 e. The van der Waals surface area contributed by atoms with Crippen LogP contribution in [-0.4, -0.2) is 58.8 Å². The van der Waals surface area contributed by atoms with Crippen LogP contribution in [0.15, 0.2) is 78.0 Å². The largest absolute Gasteiger partial charge is 0.493 e. The third-order valence-corrected chi connectivity index (χ3v) is 8.55. The Bertz CT molecular complexity index is 1570. The number of aromatic nitrogens is 2. The molecule has 0 aliphatic carbocycles. The summed E-state index contributed by atoms with van der Waals surface area (Å²) in [6.45, 7) is 3.64. The number of carbonyl (C=O) groups is 2. The topological polar surface area (TPSA) is 96.7 Å². The number of benzene rings is 3. The number of nitrogens with one attached hydrogen (secondary N) is 1. The van der Waals surface area contributed by atoms with Gasteiger partial charge in [0.05, 0.1) is 31.6 Å². The third-order valence-electron chi connectivity index (χ3n) is 7.03. The molecule has 1 aliphatic rings. The summed E-state index contributed by atoms with van der Waals surface area (Å²) in [6, 6.07) is 19.0. The molecular formula is C32H33ClN4O4S. The Morgan fingerprint density at radius 3 is 2.83 bits per heavy atom. The first kappa shape index (κ1) is 29.7. The fourth-order valence-corrected chi connectivity index (χ4v) is 6.19. The van der Waals surface area contributed by atoms with E-state index in [0.717, 1.165) is 44.3 Å². The second kappa shape index (κ2) is 13.9. The lowest BCUT2D eigenvalue weighted by Gasteiger charge is -2.30. The minimum absolute atomic E-state index is 0.0821. The summed E-state index contributed by atoms with van der Waals surface area (Å²) in [5.74, 6) is 1.42. The van der Waals surface area contributed by atoms with Crippen molar-refractivity contribution in [3.05, 3.63) is 94.8 Å². The van der Waals surface area contributed by atoms with Gasteiger partial charge in [0.25, 0.3) is 5.91 Å². The summed E-state index contributed by atoms with van der Waals surface area (Å²) < 4.78 is 7.73. The first-order valence-corrected chi connectivity index (χ1v) is 15.3. The normalized spacial score (nSPS) is 12.6. The maximum atomic E-state index is 13.3. The molecule has 42 heavy (non-hydrogen) atoms. The average molecular weight is 605 g/mol. The molecule has 0 radical (unpaired) electrons. The number of fused-ring (bicyclic) bond motifs is 1. The number of aliphatic hydroxyl groups is 1. The van der Waals surface area contributed by atoms with Crippen LogP contribution in [0.3, 0.4) is 0 Å². The molecule has 4 aromatic rings. The van der Waals surface area contributed by atoms with Crippen molar-refractivity contribution >= 4 is 40.9 Å². The van der Waals surface area contributed by atoms with Crippen molar-refractivity contribution in [2.45, 2.75) is 31.2 Å². The average Bonchev–Trinajstić information content (AvgIpc) is 3.47. The highest BCUT2D eigenvalue weighted by atomic mass is 35.5. The Morgan fingerprint density at radius 1 is 1.14 bits per heavy atom. The van der Waals surface area contributed by atoms with Crippen molar-refractivity contribution in [2.75, 3.05) is 37.0 Å². The van der Waals surface area contributed by atoms with Gasteiger partial charge in [-0.3, -0.25) is 14.3 Å². The van der Waals surface area contributed by atoms with Crippen molar-refractivity contribution < 1.29 is 19.4 Å². The van der Waals surface area contributed by atoms with Gasteiger partial charge in [-0.05, 0) is 49.2 Å². The second-order valence-electron chi connectivity index (χ2n) is 9.97. The van der Waals surface area contributed by atoms with Gasteiger partial charge in [-0.15, -0.1) is 11.8 Å². The Labute approximate surface area is 254 Å². The summed E-state index contributed by atoms with van der Waals surface area (Å²) in [4.78, 5) is 28.5. The van der Waals surface area contributed by atoms with E-state index < -0.39 is 0 Å². The Morgan fingerprint density at radius 2 is 1.98 bits per heavy atom. The molecule has 0 spiro atoms. The SMILES string of the molecule is Cc1c(Cl)cccc1OCCCC(=O)N1CCSc2c(-c3cnn(Cc4cccc(C(=O)NCCO)c4)c3)cccc21. The standard InChI is InChI=1S/C32H33ClN4O4S/c1-22-27(33)9-4-11-29(22)41-16-5-12-30(39)37-14-17-42-31-26(8-3-10-28(31)37)25-19-35-36(21-25)20-23-6-2-7-24(18-23)32(40)34-13-15-38/h2-4,6-11,18-19,21,38H,5,12-17,20H2,1H3,(H,34,40). The molecular weight excluding hydrogens is 572 g/mol. The number of carbonyl (C=O) groups excluding carboxylic acids is 2. The van der Waals surface area contributed by atoms with Crippen LogP contribution in [0.2, 0.25) is 5.02 Å².